The zero-order valence-electron chi connectivity index (χ0n) is 6.18. The zero-order valence-corrected chi connectivity index (χ0v) is 6.99. The number of rotatable bonds is 3. The molecule has 1 saturated heterocycles. The molecule has 0 spiro atoms. The summed E-state index contributed by atoms with van der Waals surface area (Å²) in [6.45, 7) is 0.748. The molecule has 60 valence electrons. The molecule has 1 atom stereocenters. The Kier molecular flexibility index (Phi) is 4.18. The normalized spacial score (nSPS) is 26.7. The molecule has 0 amide bonds. The van der Waals surface area contributed by atoms with E-state index in [0.29, 0.717) is 0 Å². The van der Waals surface area contributed by atoms with E-state index in [2.05, 4.69) is 17.2 Å². The van der Waals surface area contributed by atoms with Crippen LogP contribution >= 0.6 is 11.8 Å². The van der Waals surface area contributed by atoms with Crippen LogP contribution in [0.15, 0.2) is 0 Å². The molecule has 1 aliphatic rings. The molecule has 1 heterocycles. The minimum absolute atomic E-state index is 0.748. The molecule has 3 heteroatoms. The maximum atomic E-state index is 8.34. The second-order valence-electron chi connectivity index (χ2n) is 2.69. The fourth-order valence-electron chi connectivity index (χ4n) is 1.26. The van der Waals surface area contributed by atoms with Gasteiger partial charge in [-0.25, -0.2) is 5.48 Å². The quantitative estimate of drug-likeness (QED) is 0.617. The van der Waals surface area contributed by atoms with Gasteiger partial charge in [0.2, 0.25) is 0 Å². The number of hydroxylamine groups is 1. The van der Waals surface area contributed by atoms with E-state index in [0.717, 1.165) is 18.2 Å². The molecule has 1 rings (SSSR count). The minimum Gasteiger partial charge on any atom is -0.317 e. The molecule has 1 unspecified atom stereocenters. The van der Waals surface area contributed by atoms with Crippen molar-refractivity contribution in [3.8, 4) is 0 Å². The Hall–Kier alpha value is 0.270. The molecule has 2 nitrogen and oxygen atoms in total. The van der Waals surface area contributed by atoms with Crippen LogP contribution < -0.4 is 5.48 Å². The van der Waals surface area contributed by atoms with Gasteiger partial charge in [-0.05, 0) is 25.0 Å². The predicted octanol–water partition coefficient (Wildman–Crippen LogP) is 1.64. The third kappa shape index (κ3) is 2.90. The van der Waals surface area contributed by atoms with E-state index in [-0.39, 0.29) is 0 Å². The predicted molar refractivity (Wildman–Crippen MR) is 44.5 cm³/mol. The Morgan fingerprint density at radius 1 is 1.50 bits per heavy atom. The Balaban J connectivity index is 2.02. The van der Waals surface area contributed by atoms with Gasteiger partial charge in [0, 0.05) is 11.8 Å². The first-order valence-electron chi connectivity index (χ1n) is 3.92. The molecule has 0 aromatic carbocycles. The van der Waals surface area contributed by atoms with Crippen LogP contribution in [0.4, 0.5) is 0 Å². The third-order valence-electron chi connectivity index (χ3n) is 1.85. The Bertz CT molecular complexity index is 83.7. The summed E-state index contributed by atoms with van der Waals surface area (Å²) in [6.07, 6.45) is 5.21. The highest BCUT2D eigenvalue weighted by Gasteiger charge is 2.12. The summed E-state index contributed by atoms with van der Waals surface area (Å²) >= 11 is 2.05. The summed E-state index contributed by atoms with van der Waals surface area (Å²) in [4.78, 5) is 0. The summed E-state index contributed by atoms with van der Waals surface area (Å²) in [6, 6.07) is 0. The van der Waals surface area contributed by atoms with Crippen LogP contribution in [-0.4, -0.2) is 22.8 Å². The first-order chi connectivity index (χ1) is 4.93. The van der Waals surface area contributed by atoms with Gasteiger partial charge in [-0.15, -0.1) is 0 Å². The molecule has 1 fully saturated rings. The number of nitrogens with one attached hydrogen (secondary N) is 1. The zero-order chi connectivity index (χ0) is 7.23. The van der Waals surface area contributed by atoms with Gasteiger partial charge in [0.05, 0.1) is 0 Å². The molecular weight excluding hydrogens is 146 g/mol. The molecule has 0 aromatic rings. The molecule has 0 aromatic heterocycles. The van der Waals surface area contributed by atoms with Gasteiger partial charge in [0.15, 0.2) is 0 Å². The lowest BCUT2D eigenvalue weighted by Crippen LogP contribution is -2.17. The summed E-state index contributed by atoms with van der Waals surface area (Å²) in [5.41, 5.74) is 2.20. The highest BCUT2D eigenvalue weighted by Crippen LogP contribution is 2.26. The van der Waals surface area contributed by atoms with Crippen molar-refractivity contribution < 1.29 is 5.21 Å². The van der Waals surface area contributed by atoms with E-state index in [9.17, 15) is 0 Å². The Labute approximate surface area is 66.3 Å². The molecule has 0 bridgehead atoms. The topological polar surface area (TPSA) is 32.3 Å². The summed E-state index contributed by atoms with van der Waals surface area (Å²) < 4.78 is 0. The summed E-state index contributed by atoms with van der Waals surface area (Å²) in [5, 5.41) is 9.14. The van der Waals surface area contributed by atoms with Gasteiger partial charge in [0.1, 0.15) is 0 Å². The van der Waals surface area contributed by atoms with Crippen LogP contribution in [0, 0.1) is 0 Å². The largest absolute Gasteiger partial charge is 0.317 e. The van der Waals surface area contributed by atoms with Gasteiger partial charge in [0.25, 0.3) is 0 Å². The number of hydrogen-bond donors (Lipinski definition) is 2. The fourth-order valence-corrected chi connectivity index (χ4v) is 2.58. The van der Waals surface area contributed by atoms with Crippen molar-refractivity contribution in [2.75, 3.05) is 12.3 Å². The lowest BCUT2D eigenvalue weighted by atomic mass is 10.1. The third-order valence-corrected chi connectivity index (χ3v) is 3.32. The van der Waals surface area contributed by atoms with Gasteiger partial charge in [-0.3, -0.25) is 0 Å². The Morgan fingerprint density at radius 2 is 2.40 bits per heavy atom. The number of hydrogen-bond acceptors (Lipinski definition) is 3. The molecule has 2 N–H and O–H groups in total. The smallest absolute Gasteiger partial charge is 0.0218 e. The lowest BCUT2D eigenvalue weighted by Gasteiger charge is -2.20. The van der Waals surface area contributed by atoms with Crippen molar-refractivity contribution in [3.63, 3.8) is 0 Å². The molecule has 0 saturated carbocycles. The van der Waals surface area contributed by atoms with Crippen molar-refractivity contribution >= 4 is 11.8 Å². The van der Waals surface area contributed by atoms with Crippen LogP contribution in [0.5, 0.6) is 0 Å². The average Bonchev–Trinajstić information content (AvgIpc) is 2.03. The lowest BCUT2D eigenvalue weighted by molar-refractivity contribution is 0.165. The molecule has 0 aliphatic carbocycles. The van der Waals surface area contributed by atoms with Crippen LogP contribution in [0.3, 0.4) is 0 Å². The van der Waals surface area contributed by atoms with Crippen LogP contribution in [-0.2, 0) is 0 Å². The SMILES string of the molecule is ONCCC1CCCCS1. The standard InChI is InChI=1S/C7H15NOS/c9-8-5-4-7-3-1-2-6-10-7/h7-9H,1-6H2. The summed E-state index contributed by atoms with van der Waals surface area (Å²) in [7, 11) is 0. The molecule has 1 aliphatic heterocycles. The fraction of sp³-hybridized carbons (Fsp3) is 1.00. The Morgan fingerprint density at radius 3 is 3.00 bits per heavy atom. The van der Waals surface area contributed by atoms with E-state index in [4.69, 9.17) is 5.21 Å². The van der Waals surface area contributed by atoms with Gasteiger partial charge >= 0.3 is 0 Å². The highest BCUT2D eigenvalue weighted by molar-refractivity contribution is 7.99. The van der Waals surface area contributed by atoms with Crippen molar-refractivity contribution in [2.45, 2.75) is 30.9 Å². The minimum atomic E-state index is 0.748. The first-order valence-corrected chi connectivity index (χ1v) is 4.97. The second kappa shape index (κ2) is 4.99. The van der Waals surface area contributed by atoms with Gasteiger partial charge in [-0.2, -0.15) is 11.8 Å². The van der Waals surface area contributed by atoms with Crippen molar-refractivity contribution in [1.29, 1.82) is 0 Å². The molecule has 10 heavy (non-hydrogen) atoms. The van der Waals surface area contributed by atoms with E-state index >= 15 is 0 Å². The van der Waals surface area contributed by atoms with Crippen molar-refractivity contribution in [2.24, 2.45) is 0 Å². The first kappa shape index (κ1) is 8.37. The van der Waals surface area contributed by atoms with Gasteiger partial charge < -0.3 is 5.21 Å². The maximum absolute atomic E-state index is 8.34. The van der Waals surface area contributed by atoms with E-state index < -0.39 is 0 Å². The van der Waals surface area contributed by atoms with Crippen LogP contribution in [0.1, 0.15) is 25.7 Å². The van der Waals surface area contributed by atoms with Crippen LogP contribution in [0.25, 0.3) is 0 Å². The highest BCUT2D eigenvalue weighted by atomic mass is 32.2. The van der Waals surface area contributed by atoms with E-state index in [1.54, 1.807) is 0 Å². The van der Waals surface area contributed by atoms with E-state index in [1.165, 1.54) is 25.0 Å². The molecule has 0 radical (unpaired) electrons. The van der Waals surface area contributed by atoms with Crippen molar-refractivity contribution in [3.05, 3.63) is 0 Å². The van der Waals surface area contributed by atoms with Gasteiger partial charge in [-0.1, -0.05) is 6.42 Å². The van der Waals surface area contributed by atoms with Crippen molar-refractivity contribution in [1.82, 2.24) is 5.48 Å². The molecular formula is C7H15NOS. The van der Waals surface area contributed by atoms with Crippen LogP contribution in [0.2, 0.25) is 0 Å². The second-order valence-corrected chi connectivity index (χ2v) is 4.09. The number of thioether (sulfide) groups is 1. The monoisotopic (exact) mass is 161 g/mol. The van der Waals surface area contributed by atoms with E-state index in [1.807, 2.05) is 0 Å². The summed E-state index contributed by atoms with van der Waals surface area (Å²) in [5.74, 6) is 1.32. The maximum Gasteiger partial charge on any atom is 0.0218 e. The average molecular weight is 161 g/mol.